The molecule has 4 heteroatoms. The third kappa shape index (κ3) is 1.33. The zero-order valence-corrected chi connectivity index (χ0v) is 10.7. The number of hydrogen-bond acceptors (Lipinski definition) is 4. The quantitative estimate of drug-likeness (QED) is 0.511. The summed E-state index contributed by atoms with van der Waals surface area (Å²) < 4.78 is 4.68. The minimum Gasteiger partial charge on any atom is -0.468 e. The van der Waals surface area contributed by atoms with Crippen LogP contribution < -0.4 is 0 Å². The molecule has 0 unspecified atom stereocenters. The van der Waals surface area contributed by atoms with E-state index in [9.17, 15) is 14.4 Å². The Bertz CT molecular complexity index is 410. The molecule has 0 heterocycles. The molecule has 3 fully saturated rings. The van der Waals surface area contributed by atoms with E-state index in [1.165, 1.54) is 7.11 Å². The van der Waals surface area contributed by atoms with Crippen molar-refractivity contribution < 1.29 is 19.1 Å². The molecule has 0 aliphatic heterocycles. The molecule has 94 valence electrons. The highest BCUT2D eigenvalue weighted by Crippen LogP contribution is 2.57. The molecular weight excluding hydrogens is 220 g/mol. The molecule has 3 aliphatic carbocycles. The molecule has 0 N–H and O–H groups in total. The Labute approximate surface area is 101 Å². The monoisotopic (exact) mass is 238 g/mol. The van der Waals surface area contributed by atoms with E-state index in [1.54, 1.807) is 6.92 Å². The summed E-state index contributed by atoms with van der Waals surface area (Å²) >= 11 is 0. The van der Waals surface area contributed by atoms with Gasteiger partial charge in [0.2, 0.25) is 0 Å². The zero-order valence-electron chi connectivity index (χ0n) is 10.7. The van der Waals surface area contributed by atoms with Crippen molar-refractivity contribution in [2.75, 3.05) is 7.11 Å². The molecule has 0 radical (unpaired) electrons. The molecule has 0 aromatic heterocycles. The third-order valence-electron chi connectivity index (χ3n) is 4.63. The van der Waals surface area contributed by atoms with Gasteiger partial charge in [0.25, 0.3) is 0 Å². The van der Waals surface area contributed by atoms with Crippen LogP contribution >= 0.6 is 0 Å². The third-order valence-corrected chi connectivity index (χ3v) is 4.63. The van der Waals surface area contributed by atoms with Crippen LogP contribution in [0.1, 0.15) is 33.6 Å². The molecule has 4 nitrogen and oxygen atoms in total. The minimum atomic E-state index is -0.897. The first-order valence-electron chi connectivity index (χ1n) is 5.93. The molecule has 3 atom stereocenters. The Hall–Kier alpha value is -1.19. The fourth-order valence-corrected chi connectivity index (χ4v) is 3.60. The summed E-state index contributed by atoms with van der Waals surface area (Å²) in [5, 5.41) is 0. The molecule has 0 spiro atoms. The van der Waals surface area contributed by atoms with Crippen LogP contribution in [-0.4, -0.2) is 24.6 Å². The number of methoxy groups -OCH3 is 1. The Balaban J connectivity index is 2.52. The summed E-state index contributed by atoms with van der Waals surface area (Å²) in [6.07, 6.45) is 1.30. The van der Waals surface area contributed by atoms with E-state index in [0.29, 0.717) is 12.8 Å². The molecular formula is C13H18O4. The summed E-state index contributed by atoms with van der Waals surface area (Å²) in [5.41, 5.74) is -1.52. The van der Waals surface area contributed by atoms with Gasteiger partial charge in [0, 0.05) is 16.7 Å². The summed E-state index contributed by atoms with van der Waals surface area (Å²) in [6, 6.07) is 0. The van der Waals surface area contributed by atoms with Crippen molar-refractivity contribution in [3.05, 3.63) is 0 Å². The lowest BCUT2D eigenvalue weighted by atomic mass is 9.46. The lowest BCUT2D eigenvalue weighted by Gasteiger charge is -2.53. The standard InChI is InChI=1S/C13H18O4/c1-12(2)7-5-6-13(3,11(12)16)8(9(7)14)10(15)17-4/h7-8H,5-6H2,1-4H3/t7-,8-,13+/m0/s1. The highest BCUT2D eigenvalue weighted by atomic mass is 16.5. The lowest BCUT2D eigenvalue weighted by molar-refractivity contribution is -0.179. The largest absolute Gasteiger partial charge is 0.468 e. The number of ketones is 2. The van der Waals surface area contributed by atoms with E-state index in [4.69, 9.17) is 0 Å². The molecule has 0 aromatic rings. The van der Waals surface area contributed by atoms with Crippen LogP contribution in [0, 0.1) is 22.7 Å². The molecule has 2 bridgehead atoms. The van der Waals surface area contributed by atoms with Crippen LogP contribution in [-0.2, 0) is 19.1 Å². The van der Waals surface area contributed by atoms with Gasteiger partial charge in [-0.2, -0.15) is 0 Å². The van der Waals surface area contributed by atoms with Crippen molar-refractivity contribution in [1.82, 2.24) is 0 Å². The fraction of sp³-hybridized carbons (Fsp3) is 0.769. The maximum absolute atomic E-state index is 12.4. The van der Waals surface area contributed by atoms with Gasteiger partial charge in [-0.05, 0) is 12.8 Å². The first kappa shape index (κ1) is 12.3. The number of ether oxygens (including phenoxy) is 1. The number of esters is 1. The van der Waals surface area contributed by atoms with Crippen molar-refractivity contribution in [2.45, 2.75) is 33.6 Å². The van der Waals surface area contributed by atoms with Crippen molar-refractivity contribution in [2.24, 2.45) is 22.7 Å². The molecule has 17 heavy (non-hydrogen) atoms. The Morgan fingerprint density at radius 3 is 2.41 bits per heavy atom. The number of carbonyl (C=O) groups excluding carboxylic acids is 3. The molecule has 3 aliphatic rings. The average molecular weight is 238 g/mol. The SMILES string of the molecule is COC(=O)[C@@H]1C(=O)[C@@H]2CC[C@@]1(C)C(=O)C2(C)C. The number of carbonyl (C=O) groups is 3. The van der Waals surface area contributed by atoms with Crippen LogP contribution in [0.5, 0.6) is 0 Å². The smallest absolute Gasteiger partial charge is 0.317 e. The van der Waals surface area contributed by atoms with Crippen LogP contribution in [0.4, 0.5) is 0 Å². The second-order valence-corrected chi connectivity index (χ2v) is 5.92. The van der Waals surface area contributed by atoms with Gasteiger partial charge in [0.1, 0.15) is 11.7 Å². The summed E-state index contributed by atoms with van der Waals surface area (Å²) in [5.74, 6) is -1.88. The predicted octanol–water partition coefficient (Wildman–Crippen LogP) is 1.37. The predicted molar refractivity (Wildman–Crippen MR) is 60.1 cm³/mol. The molecule has 0 saturated heterocycles. The topological polar surface area (TPSA) is 60.4 Å². The maximum Gasteiger partial charge on any atom is 0.317 e. The molecule has 3 rings (SSSR count). The minimum absolute atomic E-state index is 0.0243. The van der Waals surface area contributed by atoms with E-state index in [-0.39, 0.29) is 17.5 Å². The van der Waals surface area contributed by atoms with E-state index < -0.39 is 22.7 Å². The van der Waals surface area contributed by atoms with E-state index in [1.807, 2.05) is 13.8 Å². The van der Waals surface area contributed by atoms with Gasteiger partial charge in [0.15, 0.2) is 5.78 Å². The Morgan fingerprint density at radius 2 is 1.88 bits per heavy atom. The van der Waals surface area contributed by atoms with Crippen LogP contribution in [0.25, 0.3) is 0 Å². The molecule has 0 aromatic carbocycles. The highest BCUT2D eigenvalue weighted by molar-refractivity contribution is 6.13. The number of hydrogen-bond donors (Lipinski definition) is 0. The average Bonchev–Trinajstić information content (AvgIpc) is 2.25. The van der Waals surface area contributed by atoms with Crippen molar-refractivity contribution in [3.8, 4) is 0 Å². The Morgan fingerprint density at radius 1 is 1.29 bits per heavy atom. The summed E-state index contributed by atoms with van der Waals surface area (Å²) in [7, 11) is 1.26. The normalized spacial score (nSPS) is 39.3. The van der Waals surface area contributed by atoms with Crippen LogP contribution in [0.15, 0.2) is 0 Å². The molecule has 3 saturated carbocycles. The Kier molecular flexibility index (Phi) is 2.46. The highest BCUT2D eigenvalue weighted by Gasteiger charge is 2.65. The maximum atomic E-state index is 12.4. The molecule has 0 amide bonds. The van der Waals surface area contributed by atoms with Gasteiger partial charge in [-0.3, -0.25) is 14.4 Å². The van der Waals surface area contributed by atoms with Crippen molar-refractivity contribution in [1.29, 1.82) is 0 Å². The van der Waals surface area contributed by atoms with Gasteiger partial charge in [-0.25, -0.2) is 0 Å². The zero-order chi connectivity index (χ0) is 13.0. The van der Waals surface area contributed by atoms with Gasteiger partial charge < -0.3 is 4.74 Å². The van der Waals surface area contributed by atoms with Gasteiger partial charge >= 0.3 is 5.97 Å². The number of fused-ring (bicyclic) bond motifs is 3. The van der Waals surface area contributed by atoms with Crippen LogP contribution in [0.2, 0.25) is 0 Å². The van der Waals surface area contributed by atoms with E-state index in [0.717, 1.165) is 0 Å². The van der Waals surface area contributed by atoms with Crippen LogP contribution in [0.3, 0.4) is 0 Å². The second kappa shape index (κ2) is 3.40. The van der Waals surface area contributed by atoms with Gasteiger partial charge in [-0.15, -0.1) is 0 Å². The second-order valence-electron chi connectivity index (χ2n) is 5.92. The van der Waals surface area contributed by atoms with Gasteiger partial charge in [0.05, 0.1) is 7.11 Å². The summed E-state index contributed by atoms with van der Waals surface area (Å²) in [6.45, 7) is 5.34. The first-order valence-corrected chi connectivity index (χ1v) is 5.93. The van der Waals surface area contributed by atoms with Crippen molar-refractivity contribution in [3.63, 3.8) is 0 Å². The number of Topliss-reactive ketones (excluding diaryl/α,β-unsaturated/α-hetero) is 2. The number of rotatable bonds is 1. The van der Waals surface area contributed by atoms with Gasteiger partial charge in [-0.1, -0.05) is 20.8 Å². The lowest BCUT2D eigenvalue weighted by Crippen LogP contribution is -2.63. The van der Waals surface area contributed by atoms with E-state index in [2.05, 4.69) is 4.74 Å². The fourth-order valence-electron chi connectivity index (χ4n) is 3.60. The van der Waals surface area contributed by atoms with E-state index >= 15 is 0 Å². The van der Waals surface area contributed by atoms with Crippen molar-refractivity contribution >= 4 is 17.5 Å². The first-order chi connectivity index (χ1) is 7.76. The summed E-state index contributed by atoms with van der Waals surface area (Å²) in [4.78, 5) is 36.5.